The Morgan fingerprint density at radius 2 is 2.15 bits per heavy atom. The summed E-state index contributed by atoms with van der Waals surface area (Å²) in [6.07, 6.45) is 0.473. The summed E-state index contributed by atoms with van der Waals surface area (Å²) in [5.41, 5.74) is 1.22. The molecule has 0 aliphatic heterocycles. The molecule has 0 atom stereocenters. The Bertz CT molecular complexity index is 413. The fourth-order valence-corrected chi connectivity index (χ4v) is 2.51. The first-order valence-electron chi connectivity index (χ1n) is 6.84. The molecule has 0 fully saturated rings. The Morgan fingerprint density at radius 1 is 1.40 bits per heavy atom. The van der Waals surface area contributed by atoms with E-state index in [-0.39, 0.29) is 11.3 Å². The minimum Gasteiger partial charge on any atom is -0.383 e. The molecule has 114 valence electrons. The summed E-state index contributed by atoms with van der Waals surface area (Å²) in [5, 5.41) is 9.20. The molecule has 0 radical (unpaired) electrons. The molecular formula is C14H25N3O2S. The van der Waals surface area contributed by atoms with Gasteiger partial charge in [0.15, 0.2) is 0 Å². The van der Waals surface area contributed by atoms with Gasteiger partial charge in [0, 0.05) is 44.0 Å². The quantitative estimate of drug-likeness (QED) is 0.717. The molecule has 20 heavy (non-hydrogen) atoms. The van der Waals surface area contributed by atoms with Gasteiger partial charge < -0.3 is 15.4 Å². The van der Waals surface area contributed by atoms with Crippen LogP contribution in [0, 0.1) is 0 Å². The molecule has 1 rings (SSSR count). The van der Waals surface area contributed by atoms with Crippen LogP contribution in [-0.2, 0) is 21.5 Å². The zero-order chi connectivity index (χ0) is 15.0. The maximum atomic E-state index is 11.4. The van der Waals surface area contributed by atoms with Crippen LogP contribution in [0.1, 0.15) is 37.9 Å². The molecule has 2 N–H and O–H groups in total. The summed E-state index contributed by atoms with van der Waals surface area (Å²) in [4.78, 5) is 16.0. The first-order valence-corrected chi connectivity index (χ1v) is 7.72. The van der Waals surface area contributed by atoms with Gasteiger partial charge in [0.05, 0.1) is 12.3 Å². The summed E-state index contributed by atoms with van der Waals surface area (Å²) in [7, 11) is 1.62. The van der Waals surface area contributed by atoms with E-state index in [0.717, 1.165) is 10.7 Å². The number of nitrogens with one attached hydrogen (secondary N) is 2. The van der Waals surface area contributed by atoms with Gasteiger partial charge in [-0.1, -0.05) is 20.8 Å². The molecule has 1 heterocycles. The van der Waals surface area contributed by atoms with Crippen LogP contribution in [-0.4, -0.2) is 37.7 Å². The van der Waals surface area contributed by atoms with Crippen LogP contribution in [0.3, 0.4) is 0 Å². The van der Waals surface area contributed by atoms with Crippen molar-refractivity contribution >= 4 is 17.2 Å². The van der Waals surface area contributed by atoms with E-state index in [4.69, 9.17) is 4.74 Å². The van der Waals surface area contributed by atoms with Crippen molar-refractivity contribution in [3.63, 3.8) is 0 Å². The SMILES string of the molecule is COCCNC(=O)CCNCc1nc(C(C)(C)C)cs1. The van der Waals surface area contributed by atoms with Crippen molar-refractivity contribution in [2.75, 3.05) is 26.8 Å². The third-order valence-corrected chi connectivity index (χ3v) is 3.60. The lowest BCUT2D eigenvalue weighted by Crippen LogP contribution is -2.29. The molecule has 0 unspecified atom stereocenters. The van der Waals surface area contributed by atoms with Gasteiger partial charge in [-0.25, -0.2) is 4.98 Å². The number of carbonyl (C=O) groups excluding carboxylic acids is 1. The molecule has 0 saturated carbocycles. The minimum atomic E-state index is 0.0454. The number of hydrogen-bond acceptors (Lipinski definition) is 5. The van der Waals surface area contributed by atoms with Crippen molar-refractivity contribution < 1.29 is 9.53 Å². The van der Waals surface area contributed by atoms with Crippen LogP contribution >= 0.6 is 11.3 Å². The zero-order valence-electron chi connectivity index (χ0n) is 12.8. The second-order valence-corrected chi connectivity index (χ2v) is 6.59. The summed E-state index contributed by atoms with van der Waals surface area (Å²) in [5.74, 6) is 0.0454. The molecule has 1 aromatic heterocycles. The van der Waals surface area contributed by atoms with E-state index in [1.165, 1.54) is 0 Å². The molecule has 0 aliphatic carbocycles. The van der Waals surface area contributed by atoms with E-state index in [1.807, 2.05) is 0 Å². The predicted molar refractivity (Wildman–Crippen MR) is 82.0 cm³/mol. The second-order valence-electron chi connectivity index (χ2n) is 5.65. The molecule has 1 aromatic rings. The molecule has 0 aliphatic rings. The first-order chi connectivity index (χ1) is 9.43. The number of methoxy groups -OCH3 is 1. The zero-order valence-corrected chi connectivity index (χ0v) is 13.6. The highest BCUT2D eigenvalue weighted by molar-refractivity contribution is 7.09. The van der Waals surface area contributed by atoms with Crippen LogP contribution < -0.4 is 10.6 Å². The van der Waals surface area contributed by atoms with Crippen molar-refractivity contribution in [3.05, 3.63) is 16.1 Å². The topological polar surface area (TPSA) is 63.2 Å². The van der Waals surface area contributed by atoms with Crippen LogP contribution in [0.25, 0.3) is 0 Å². The number of aromatic nitrogens is 1. The average molecular weight is 299 g/mol. The van der Waals surface area contributed by atoms with Crippen molar-refractivity contribution in [2.24, 2.45) is 0 Å². The molecule has 1 amide bonds. The third-order valence-electron chi connectivity index (χ3n) is 2.75. The maximum absolute atomic E-state index is 11.4. The van der Waals surface area contributed by atoms with Gasteiger partial charge in [-0.2, -0.15) is 0 Å². The van der Waals surface area contributed by atoms with E-state index in [0.29, 0.717) is 32.7 Å². The van der Waals surface area contributed by atoms with E-state index < -0.39 is 0 Å². The van der Waals surface area contributed by atoms with Crippen LogP contribution in [0.5, 0.6) is 0 Å². The summed E-state index contributed by atoms with van der Waals surface area (Å²) < 4.78 is 4.87. The summed E-state index contributed by atoms with van der Waals surface area (Å²) in [6.45, 7) is 8.96. The fraction of sp³-hybridized carbons (Fsp3) is 0.714. The largest absolute Gasteiger partial charge is 0.383 e. The van der Waals surface area contributed by atoms with E-state index in [2.05, 4.69) is 41.8 Å². The Balaban J connectivity index is 2.18. The highest BCUT2D eigenvalue weighted by Crippen LogP contribution is 2.23. The average Bonchev–Trinajstić information content (AvgIpc) is 2.83. The molecule has 0 aromatic carbocycles. The number of nitrogens with zero attached hydrogens (tertiary/aromatic N) is 1. The lowest BCUT2D eigenvalue weighted by Gasteiger charge is -2.14. The van der Waals surface area contributed by atoms with Crippen LogP contribution in [0.2, 0.25) is 0 Å². The van der Waals surface area contributed by atoms with Gasteiger partial charge in [-0.05, 0) is 0 Å². The first kappa shape index (κ1) is 17.1. The van der Waals surface area contributed by atoms with Crippen LogP contribution in [0.4, 0.5) is 0 Å². The molecule has 0 bridgehead atoms. The van der Waals surface area contributed by atoms with Gasteiger partial charge in [-0.15, -0.1) is 11.3 Å². The van der Waals surface area contributed by atoms with Crippen molar-refractivity contribution in [2.45, 2.75) is 39.2 Å². The highest BCUT2D eigenvalue weighted by atomic mass is 32.1. The van der Waals surface area contributed by atoms with E-state index in [1.54, 1.807) is 18.4 Å². The second kappa shape index (κ2) is 8.34. The molecule has 0 spiro atoms. The van der Waals surface area contributed by atoms with E-state index >= 15 is 0 Å². The predicted octanol–water partition coefficient (Wildman–Crippen LogP) is 1.68. The summed E-state index contributed by atoms with van der Waals surface area (Å²) in [6, 6.07) is 0. The molecule has 6 heteroatoms. The fourth-order valence-electron chi connectivity index (χ4n) is 1.51. The van der Waals surface area contributed by atoms with Crippen molar-refractivity contribution in [1.29, 1.82) is 0 Å². The number of rotatable bonds is 8. The lowest BCUT2D eigenvalue weighted by molar-refractivity contribution is -0.121. The van der Waals surface area contributed by atoms with Crippen molar-refractivity contribution in [1.82, 2.24) is 15.6 Å². The monoisotopic (exact) mass is 299 g/mol. The van der Waals surface area contributed by atoms with Crippen molar-refractivity contribution in [3.8, 4) is 0 Å². The van der Waals surface area contributed by atoms with Gasteiger partial charge in [-0.3, -0.25) is 4.79 Å². The highest BCUT2D eigenvalue weighted by Gasteiger charge is 2.17. The maximum Gasteiger partial charge on any atom is 0.221 e. The standard InChI is InChI=1S/C14H25N3O2S/c1-14(2,3)11-10-20-13(17-11)9-15-6-5-12(18)16-7-8-19-4/h10,15H,5-9H2,1-4H3,(H,16,18). The number of ether oxygens (including phenoxy) is 1. The number of carbonyl (C=O) groups is 1. The Labute approximate surface area is 125 Å². The Hall–Kier alpha value is -0.980. The van der Waals surface area contributed by atoms with Crippen LogP contribution in [0.15, 0.2) is 5.38 Å². The Kier molecular flexibility index (Phi) is 7.12. The van der Waals surface area contributed by atoms with Gasteiger partial charge in [0.1, 0.15) is 5.01 Å². The Morgan fingerprint density at radius 3 is 2.75 bits per heavy atom. The minimum absolute atomic E-state index is 0.0454. The number of hydrogen-bond donors (Lipinski definition) is 2. The molecule has 0 saturated heterocycles. The number of amides is 1. The lowest BCUT2D eigenvalue weighted by atomic mass is 9.93. The smallest absolute Gasteiger partial charge is 0.221 e. The third kappa shape index (κ3) is 6.45. The van der Waals surface area contributed by atoms with E-state index in [9.17, 15) is 4.79 Å². The van der Waals surface area contributed by atoms with Gasteiger partial charge in [0.2, 0.25) is 5.91 Å². The number of thiazole rings is 1. The van der Waals surface area contributed by atoms with Gasteiger partial charge >= 0.3 is 0 Å². The van der Waals surface area contributed by atoms with Gasteiger partial charge in [0.25, 0.3) is 0 Å². The summed E-state index contributed by atoms with van der Waals surface area (Å²) >= 11 is 1.66. The molecule has 5 nitrogen and oxygen atoms in total. The molecular weight excluding hydrogens is 274 g/mol. The normalized spacial score (nSPS) is 11.6.